The molecule has 6 heteroatoms. The number of carbonyl (C=O) groups excluding carboxylic acids is 1. The first kappa shape index (κ1) is 13.8. The predicted molar refractivity (Wildman–Crippen MR) is 75.8 cm³/mol. The average Bonchev–Trinajstić information content (AvgIpc) is 3.23. The van der Waals surface area contributed by atoms with Gasteiger partial charge in [0, 0.05) is 30.3 Å². The molecule has 0 saturated heterocycles. The van der Waals surface area contributed by atoms with E-state index in [1.807, 2.05) is 0 Å². The summed E-state index contributed by atoms with van der Waals surface area (Å²) >= 11 is 3.33. The van der Waals surface area contributed by atoms with Gasteiger partial charge in [-0.3, -0.25) is 4.79 Å². The normalized spacial score (nSPS) is 13.7. The van der Waals surface area contributed by atoms with Crippen molar-refractivity contribution in [1.82, 2.24) is 9.88 Å². The fourth-order valence-corrected chi connectivity index (χ4v) is 2.29. The molecule has 1 aromatic heterocycles. The highest BCUT2D eigenvalue weighted by atomic mass is 79.9. The molecular formula is C13H15BrN4O. The van der Waals surface area contributed by atoms with Crippen LogP contribution in [0.1, 0.15) is 29.6 Å². The van der Waals surface area contributed by atoms with Crippen molar-refractivity contribution in [3.63, 3.8) is 0 Å². The standard InChI is InChI=1S/C13H15BrN4O/c1-16-12-11(7-9(14)8-17-12)13(19)18(6-2-5-15)10-3-4-10/h7-8,10H,2-4,6H2,1H3,(H,16,17). The maximum absolute atomic E-state index is 12.6. The van der Waals surface area contributed by atoms with Crippen LogP contribution in [0.15, 0.2) is 16.7 Å². The van der Waals surface area contributed by atoms with E-state index in [-0.39, 0.29) is 11.9 Å². The SMILES string of the molecule is CNc1ncc(Br)cc1C(=O)N(CCC#N)C1CC1. The van der Waals surface area contributed by atoms with Crippen LogP contribution < -0.4 is 5.32 Å². The van der Waals surface area contributed by atoms with Gasteiger partial charge in [0.2, 0.25) is 0 Å². The van der Waals surface area contributed by atoms with Crippen LogP contribution in [-0.2, 0) is 0 Å². The molecule has 1 saturated carbocycles. The number of carbonyl (C=O) groups is 1. The Morgan fingerprint density at radius 3 is 3.00 bits per heavy atom. The van der Waals surface area contributed by atoms with Crippen LogP contribution in [0.5, 0.6) is 0 Å². The summed E-state index contributed by atoms with van der Waals surface area (Å²) < 4.78 is 0.769. The lowest BCUT2D eigenvalue weighted by atomic mass is 10.2. The van der Waals surface area contributed by atoms with Crippen molar-refractivity contribution >= 4 is 27.7 Å². The second-order valence-electron chi connectivity index (χ2n) is 4.44. The molecule has 100 valence electrons. The summed E-state index contributed by atoms with van der Waals surface area (Å²) in [5, 5.41) is 11.6. The van der Waals surface area contributed by atoms with Crippen molar-refractivity contribution in [1.29, 1.82) is 5.26 Å². The zero-order valence-corrected chi connectivity index (χ0v) is 12.3. The van der Waals surface area contributed by atoms with E-state index in [2.05, 4.69) is 32.3 Å². The minimum absolute atomic E-state index is 0.0594. The maximum atomic E-state index is 12.6. The quantitative estimate of drug-likeness (QED) is 0.903. The van der Waals surface area contributed by atoms with E-state index in [0.717, 1.165) is 17.3 Å². The van der Waals surface area contributed by atoms with Gasteiger partial charge in [0.1, 0.15) is 5.82 Å². The van der Waals surface area contributed by atoms with Gasteiger partial charge in [0.15, 0.2) is 0 Å². The van der Waals surface area contributed by atoms with Crippen LogP contribution in [0.2, 0.25) is 0 Å². The van der Waals surface area contributed by atoms with Crippen LogP contribution in [0.4, 0.5) is 5.82 Å². The molecule has 1 fully saturated rings. The molecule has 1 aliphatic carbocycles. The first-order valence-corrected chi connectivity index (χ1v) is 6.98. The molecule has 0 unspecified atom stereocenters. The van der Waals surface area contributed by atoms with Gasteiger partial charge in [0.25, 0.3) is 5.91 Å². The van der Waals surface area contributed by atoms with E-state index in [1.54, 1.807) is 24.2 Å². The molecule has 1 aliphatic rings. The van der Waals surface area contributed by atoms with E-state index in [9.17, 15) is 4.79 Å². The van der Waals surface area contributed by atoms with Gasteiger partial charge in [-0.2, -0.15) is 5.26 Å². The highest BCUT2D eigenvalue weighted by Crippen LogP contribution is 2.30. The van der Waals surface area contributed by atoms with E-state index >= 15 is 0 Å². The summed E-state index contributed by atoms with van der Waals surface area (Å²) in [5.74, 6) is 0.506. The maximum Gasteiger partial charge on any atom is 0.257 e. The third kappa shape index (κ3) is 3.24. The first-order valence-electron chi connectivity index (χ1n) is 6.18. The molecule has 0 aliphatic heterocycles. The monoisotopic (exact) mass is 322 g/mol. The Bertz CT molecular complexity index is 522. The minimum Gasteiger partial charge on any atom is -0.372 e. The van der Waals surface area contributed by atoms with Crippen LogP contribution in [0.3, 0.4) is 0 Å². The number of nitrogens with zero attached hydrogens (tertiary/aromatic N) is 3. The van der Waals surface area contributed by atoms with Gasteiger partial charge in [-0.15, -0.1) is 0 Å². The van der Waals surface area contributed by atoms with Gasteiger partial charge < -0.3 is 10.2 Å². The van der Waals surface area contributed by atoms with Gasteiger partial charge >= 0.3 is 0 Å². The average molecular weight is 323 g/mol. The molecule has 1 heterocycles. The summed E-state index contributed by atoms with van der Waals surface area (Å²) in [5.41, 5.74) is 0.543. The Morgan fingerprint density at radius 2 is 2.42 bits per heavy atom. The number of rotatable bonds is 5. The number of hydrogen-bond donors (Lipinski definition) is 1. The number of pyridine rings is 1. The Hall–Kier alpha value is -1.61. The molecule has 0 radical (unpaired) electrons. The highest BCUT2D eigenvalue weighted by Gasteiger charge is 2.33. The van der Waals surface area contributed by atoms with Gasteiger partial charge in [-0.25, -0.2) is 4.98 Å². The van der Waals surface area contributed by atoms with Crippen molar-refractivity contribution in [3.05, 3.63) is 22.3 Å². The predicted octanol–water partition coefficient (Wildman–Crippen LogP) is 2.40. The number of halogens is 1. The largest absolute Gasteiger partial charge is 0.372 e. The second kappa shape index (κ2) is 6.02. The van der Waals surface area contributed by atoms with E-state index in [1.165, 1.54) is 0 Å². The van der Waals surface area contributed by atoms with Gasteiger partial charge in [-0.1, -0.05) is 0 Å². The smallest absolute Gasteiger partial charge is 0.257 e. The van der Waals surface area contributed by atoms with Crippen molar-refractivity contribution < 1.29 is 4.79 Å². The van der Waals surface area contributed by atoms with Crippen LogP contribution in [0.25, 0.3) is 0 Å². The van der Waals surface area contributed by atoms with E-state index < -0.39 is 0 Å². The van der Waals surface area contributed by atoms with Crippen molar-refractivity contribution in [2.45, 2.75) is 25.3 Å². The first-order chi connectivity index (χ1) is 9.17. The molecule has 0 atom stereocenters. The molecule has 0 bridgehead atoms. The third-order valence-corrected chi connectivity index (χ3v) is 3.47. The summed E-state index contributed by atoms with van der Waals surface area (Å²) in [7, 11) is 1.74. The Labute approximate surface area is 120 Å². The fourth-order valence-electron chi connectivity index (χ4n) is 1.96. The van der Waals surface area contributed by atoms with Gasteiger partial charge in [-0.05, 0) is 34.8 Å². The third-order valence-electron chi connectivity index (χ3n) is 3.03. The van der Waals surface area contributed by atoms with Crippen LogP contribution in [-0.4, -0.2) is 35.4 Å². The second-order valence-corrected chi connectivity index (χ2v) is 5.35. The Kier molecular flexibility index (Phi) is 4.38. The molecule has 19 heavy (non-hydrogen) atoms. The molecule has 0 aromatic carbocycles. The lowest BCUT2D eigenvalue weighted by Gasteiger charge is -2.22. The minimum atomic E-state index is -0.0594. The summed E-state index contributed by atoms with van der Waals surface area (Å²) in [6, 6.07) is 4.14. The highest BCUT2D eigenvalue weighted by molar-refractivity contribution is 9.10. The molecule has 5 nitrogen and oxygen atoms in total. The molecule has 2 rings (SSSR count). The lowest BCUT2D eigenvalue weighted by Crippen LogP contribution is -2.34. The zero-order valence-electron chi connectivity index (χ0n) is 10.7. The lowest BCUT2D eigenvalue weighted by molar-refractivity contribution is 0.0747. The molecule has 0 spiro atoms. The van der Waals surface area contributed by atoms with E-state index in [4.69, 9.17) is 5.26 Å². The Balaban J connectivity index is 2.25. The molecular weight excluding hydrogens is 308 g/mol. The molecule has 1 aromatic rings. The summed E-state index contributed by atoms with van der Waals surface area (Å²) in [6.45, 7) is 0.482. The Morgan fingerprint density at radius 1 is 1.68 bits per heavy atom. The number of hydrogen-bond acceptors (Lipinski definition) is 4. The molecule has 1 amide bonds. The fraction of sp³-hybridized carbons (Fsp3) is 0.462. The van der Waals surface area contributed by atoms with Crippen LogP contribution in [0, 0.1) is 11.3 Å². The van der Waals surface area contributed by atoms with Crippen molar-refractivity contribution in [3.8, 4) is 6.07 Å². The zero-order chi connectivity index (χ0) is 13.8. The van der Waals surface area contributed by atoms with Gasteiger partial charge in [0.05, 0.1) is 18.1 Å². The van der Waals surface area contributed by atoms with Crippen molar-refractivity contribution in [2.24, 2.45) is 0 Å². The van der Waals surface area contributed by atoms with E-state index in [0.29, 0.717) is 24.3 Å². The number of anilines is 1. The van der Waals surface area contributed by atoms with Crippen molar-refractivity contribution in [2.75, 3.05) is 18.9 Å². The number of nitrogens with one attached hydrogen (secondary N) is 1. The number of aromatic nitrogens is 1. The molecule has 1 N–H and O–H groups in total. The summed E-state index contributed by atoms with van der Waals surface area (Å²) in [4.78, 5) is 18.6. The summed E-state index contributed by atoms with van der Waals surface area (Å²) in [6.07, 6.45) is 4.05. The number of nitriles is 1. The topological polar surface area (TPSA) is 69.0 Å². The number of amides is 1. The van der Waals surface area contributed by atoms with Crippen LogP contribution >= 0.6 is 15.9 Å².